The minimum atomic E-state index is -0.346. The number of likely N-dealkylation sites (tertiary alicyclic amines) is 1. The Morgan fingerprint density at radius 3 is 2.54 bits per heavy atom. The average Bonchev–Trinajstić information content (AvgIpc) is 2.56. The van der Waals surface area contributed by atoms with E-state index in [1.807, 2.05) is 19.0 Å². The molecule has 24 heavy (non-hydrogen) atoms. The van der Waals surface area contributed by atoms with Crippen molar-refractivity contribution in [3.8, 4) is 0 Å². The zero-order valence-electron chi connectivity index (χ0n) is 14.4. The molecule has 0 atom stereocenters. The second-order valence-electron chi connectivity index (χ2n) is 6.52. The van der Waals surface area contributed by atoms with E-state index in [1.54, 1.807) is 23.1 Å². The summed E-state index contributed by atoms with van der Waals surface area (Å²) in [5, 5.41) is 2.94. The largest absolute Gasteiger partial charge is 0.355 e. The predicted octanol–water partition coefficient (Wildman–Crippen LogP) is 1.28. The number of nitrogens with one attached hydrogen (secondary N) is 1. The SMILES string of the molecule is CN(C)CCNC(=O)C1CCN(C(=O)Cc2ccccc2F)CC1. The molecule has 1 aromatic carbocycles. The maximum absolute atomic E-state index is 13.6. The maximum Gasteiger partial charge on any atom is 0.227 e. The van der Waals surface area contributed by atoms with Crippen LogP contribution in [0.2, 0.25) is 0 Å². The Balaban J connectivity index is 1.76. The lowest BCUT2D eigenvalue weighted by Crippen LogP contribution is -2.44. The Morgan fingerprint density at radius 1 is 1.25 bits per heavy atom. The van der Waals surface area contributed by atoms with Crippen molar-refractivity contribution in [3.63, 3.8) is 0 Å². The molecular weight excluding hydrogens is 309 g/mol. The molecule has 1 saturated heterocycles. The summed E-state index contributed by atoms with van der Waals surface area (Å²) in [6.07, 6.45) is 1.40. The number of amides is 2. The molecule has 0 bridgehead atoms. The van der Waals surface area contributed by atoms with Crippen LogP contribution in [0.4, 0.5) is 4.39 Å². The van der Waals surface area contributed by atoms with Crippen molar-refractivity contribution in [2.45, 2.75) is 19.3 Å². The number of hydrogen-bond donors (Lipinski definition) is 1. The number of rotatable bonds is 6. The van der Waals surface area contributed by atoms with Crippen LogP contribution in [0.15, 0.2) is 24.3 Å². The molecule has 0 aliphatic carbocycles. The van der Waals surface area contributed by atoms with Crippen molar-refractivity contribution in [2.24, 2.45) is 5.92 Å². The molecule has 0 spiro atoms. The highest BCUT2D eigenvalue weighted by atomic mass is 19.1. The normalized spacial score (nSPS) is 15.6. The van der Waals surface area contributed by atoms with E-state index in [0.29, 0.717) is 38.0 Å². The van der Waals surface area contributed by atoms with E-state index in [4.69, 9.17) is 0 Å². The van der Waals surface area contributed by atoms with E-state index in [9.17, 15) is 14.0 Å². The van der Waals surface area contributed by atoms with Gasteiger partial charge in [0.25, 0.3) is 0 Å². The van der Waals surface area contributed by atoms with Gasteiger partial charge < -0.3 is 15.1 Å². The Hall–Kier alpha value is -1.95. The standard InChI is InChI=1S/C18H26FN3O2/c1-21(2)12-9-20-18(24)14-7-10-22(11-8-14)17(23)13-15-5-3-4-6-16(15)19/h3-6,14H,7-13H2,1-2H3,(H,20,24). The van der Waals surface area contributed by atoms with Crippen LogP contribution in [-0.4, -0.2) is 61.9 Å². The minimum Gasteiger partial charge on any atom is -0.355 e. The van der Waals surface area contributed by atoms with Crippen molar-refractivity contribution < 1.29 is 14.0 Å². The fraction of sp³-hybridized carbons (Fsp3) is 0.556. The smallest absolute Gasteiger partial charge is 0.227 e. The van der Waals surface area contributed by atoms with E-state index in [2.05, 4.69) is 5.32 Å². The minimum absolute atomic E-state index is 0.0373. The first kappa shape index (κ1) is 18.4. The number of likely N-dealkylation sites (N-methyl/N-ethyl adjacent to an activating group) is 1. The third-order valence-corrected chi connectivity index (χ3v) is 4.38. The van der Waals surface area contributed by atoms with E-state index >= 15 is 0 Å². The number of carbonyl (C=O) groups excluding carboxylic acids is 2. The molecule has 1 fully saturated rings. The summed E-state index contributed by atoms with van der Waals surface area (Å²) in [7, 11) is 3.93. The fourth-order valence-electron chi connectivity index (χ4n) is 2.85. The Labute approximate surface area is 142 Å². The molecule has 0 unspecified atom stereocenters. The van der Waals surface area contributed by atoms with Crippen LogP contribution in [-0.2, 0) is 16.0 Å². The second-order valence-corrected chi connectivity index (χ2v) is 6.52. The number of carbonyl (C=O) groups is 2. The van der Waals surface area contributed by atoms with Crippen molar-refractivity contribution in [1.29, 1.82) is 0 Å². The monoisotopic (exact) mass is 335 g/mol. The van der Waals surface area contributed by atoms with E-state index in [-0.39, 0.29) is 30.0 Å². The highest BCUT2D eigenvalue weighted by Gasteiger charge is 2.27. The lowest BCUT2D eigenvalue weighted by atomic mass is 9.95. The third-order valence-electron chi connectivity index (χ3n) is 4.38. The summed E-state index contributed by atoms with van der Waals surface area (Å²) in [4.78, 5) is 28.2. The maximum atomic E-state index is 13.6. The molecule has 1 aromatic rings. The number of halogens is 1. The Morgan fingerprint density at radius 2 is 1.92 bits per heavy atom. The van der Waals surface area contributed by atoms with Crippen LogP contribution in [0.25, 0.3) is 0 Å². The van der Waals surface area contributed by atoms with Crippen LogP contribution < -0.4 is 5.32 Å². The molecule has 0 aromatic heterocycles. The molecular formula is C18H26FN3O2. The van der Waals surface area contributed by atoms with Crippen molar-refractivity contribution in [3.05, 3.63) is 35.6 Å². The molecule has 0 radical (unpaired) electrons. The van der Waals surface area contributed by atoms with Gasteiger partial charge in [0.15, 0.2) is 0 Å². The lowest BCUT2D eigenvalue weighted by molar-refractivity contribution is -0.135. The van der Waals surface area contributed by atoms with Gasteiger partial charge in [-0.1, -0.05) is 18.2 Å². The highest BCUT2D eigenvalue weighted by molar-refractivity contribution is 5.81. The summed E-state index contributed by atoms with van der Waals surface area (Å²) in [6, 6.07) is 6.35. The van der Waals surface area contributed by atoms with Crippen LogP contribution >= 0.6 is 0 Å². The number of hydrogen-bond acceptors (Lipinski definition) is 3. The van der Waals surface area contributed by atoms with Gasteiger partial charge in [0.2, 0.25) is 11.8 Å². The van der Waals surface area contributed by atoms with Gasteiger partial charge in [0, 0.05) is 32.1 Å². The molecule has 1 heterocycles. The summed E-state index contributed by atoms with van der Waals surface area (Å²) in [6.45, 7) is 2.56. The first-order valence-electron chi connectivity index (χ1n) is 8.41. The van der Waals surface area contributed by atoms with Gasteiger partial charge in [-0.05, 0) is 38.6 Å². The average molecular weight is 335 g/mol. The second kappa shape index (κ2) is 8.78. The molecule has 2 rings (SSSR count). The number of piperidine rings is 1. The van der Waals surface area contributed by atoms with Gasteiger partial charge in [0.05, 0.1) is 6.42 Å². The fourth-order valence-corrected chi connectivity index (χ4v) is 2.85. The van der Waals surface area contributed by atoms with E-state index < -0.39 is 0 Å². The molecule has 1 aliphatic heterocycles. The lowest BCUT2D eigenvalue weighted by Gasteiger charge is -2.31. The number of benzene rings is 1. The molecule has 1 aliphatic rings. The number of nitrogens with zero attached hydrogens (tertiary/aromatic N) is 2. The summed E-state index contributed by atoms with van der Waals surface area (Å²) in [5.41, 5.74) is 0.422. The molecule has 1 N–H and O–H groups in total. The Kier molecular flexibility index (Phi) is 6.73. The summed E-state index contributed by atoms with van der Waals surface area (Å²) in [5.74, 6) is -0.393. The molecule has 0 saturated carbocycles. The van der Waals surface area contributed by atoms with Gasteiger partial charge in [-0.15, -0.1) is 0 Å². The Bertz CT molecular complexity index is 569. The molecule has 132 valence electrons. The van der Waals surface area contributed by atoms with Crippen molar-refractivity contribution in [2.75, 3.05) is 40.3 Å². The van der Waals surface area contributed by atoms with Crippen molar-refractivity contribution in [1.82, 2.24) is 15.1 Å². The first-order chi connectivity index (χ1) is 11.5. The summed E-state index contributed by atoms with van der Waals surface area (Å²) >= 11 is 0. The first-order valence-corrected chi connectivity index (χ1v) is 8.41. The molecule has 5 nitrogen and oxygen atoms in total. The molecule has 6 heteroatoms. The quantitative estimate of drug-likeness (QED) is 0.852. The van der Waals surface area contributed by atoms with Crippen LogP contribution in [0, 0.1) is 11.7 Å². The van der Waals surface area contributed by atoms with Crippen LogP contribution in [0.1, 0.15) is 18.4 Å². The summed E-state index contributed by atoms with van der Waals surface area (Å²) < 4.78 is 13.6. The highest BCUT2D eigenvalue weighted by Crippen LogP contribution is 2.19. The van der Waals surface area contributed by atoms with Gasteiger partial charge in [0.1, 0.15) is 5.82 Å². The zero-order chi connectivity index (χ0) is 17.5. The van der Waals surface area contributed by atoms with Crippen LogP contribution in [0.3, 0.4) is 0 Å². The van der Waals surface area contributed by atoms with Gasteiger partial charge in [-0.25, -0.2) is 4.39 Å². The molecule has 2 amide bonds. The van der Waals surface area contributed by atoms with Gasteiger partial charge >= 0.3 is 0 Å². The van der Waals surface area contributed by atoms with Crippen LogP contribution in [0.5, 0.6) is 0 Å². The third kappa shape index (κ3) is 5.30. The van der Waals surface area contributed by atoms with E-state index in [1.165, 1.54) is 6.07 Å². The van der Waals surface area contributed by atoms with Gasteiger partial charge in [-0.3, -0.25) is 9.59 Å². The topological polar surface area (TPSA) is 52.7 Å². The van der Waals surface area contributed by atoms with E-state index in [0.717, 1.165) is 6.54 Å². The van der Waals surface area contributed by atoms with Gasteiger partial charge in [-0.2, -0.15) is 0 Å². The zero-order valence-corrected chi connectivity index (χ0v) is 14.4. The van der Waals surface area contributed by atoms with Crippen molar-refractivity contribution >= 4 is 11.8 Å². The predicted molar refractivity (Wildman–Crippen MR) is 91.0 cm³/mol.